The van der Waals surface area contributed by atoms with E-state index in [0.29, 0.717) is 45.1 Å². The fraction of sp³-hybridized carbons (Fsp3) is 0.179. The lowest BCUT2D eigenvalue weighted by atomic mass is 9.96. The van der Waals surface area contributed by atoms with Crippen molar-refractivity contribution in [2.75, 3.05) is 6.79 Å². The summed E-state index contributed by atoms with van der Waals surface area (Å²) in [5, 5.41) is 0.697. The molecule has 0 bridgehead atoms. The minimum Gasteiger partial charge on any atom is -0.454 e. The number of rotatable bonds is 5. The third-order valence-electron chi connectivity index (χ3n) is 6.27. The van der Waals surface area contributed by atoms with Crippen LogP contribution < -0.4 is 20.3 Å². The zero-order valence-electron chi connectivity index (χ0n) is 19.5. The molecule has 4 aromatic rings. The Kier molecular flexibility index (Phi) is 6.06. The number of hydrogen-bond acceptors (Lipinski definition) is 5. The van der Waals surface area contributed by atoms with Crippen LogP contribution in [0.5, 0.6) is 11.5 Å². The number of hydrazine groups is 1. The number of ether oxygens (including phenoxy) is 2. The highest BCUT2D eigenvalue weighted by molar-refractivity contribution is 6.08. The van der Waals surface area contributed by atoms with Gasteiger partial charge in [-0.3, -0.25) is 20.4 Å². The Hall–Kier alpha value is -4.39. The van der Waals surface area contributed by atoms with Crippen molar-refractivity contribution < 1.29 is 19.1 Å². The highest BCUT2D eigenvalue weighted by Crippen LogP contribution is 2.32. The van der Waals surface area contributed by atoms with Crippen LogP contribution in [0, 0.1) is 0 Å². The fourth-order valence-corrected chi connectivity index (χ4v) is 4.02. The summed E-state index contributed by atoms with van der Waals surface area (Å²) in [6.45, 7) is 4.48. The molecule has 2 N–H and O–H groups in total. The molecule has 0 radical (unpaired) electrons. The van der Waals surface area contributed by atoms with E-state index in [0.717, 1.165) is 12.0 Å². The molecule has 0 saturated heterocycles. The van der Waals surface area contributed by atoms with Gasteiger partial charge in [0, 0.05) is 16.5 Å². The standard InChI is InChI=1S/C28H25N3O4/c1-3-17(2)18-8-10-19(11-9-18)24-15-22(21-6-4-5-7-23(21)29-24)28(33)31-30-27(32)20-12-13-25-26(14-20)35-16-34-25/h4-15,17H,3,16H2,1-2H3,(H,30,32)(H,31,33)/t17-/m1/s1. The molecule has 0 fully saturated rings. The van der Waals surface area contributed by atoms with Crippen LogP contribution in [-0.2, 0) is 0 Å². The predicted octanol–water partition coefficient (Wildman–Crippen LogP) is 5.22. The maximum atomic E-state index is 13.1. The van der Waals surface area contributed by atoms with Gasteiger partial charge in [0.15, 0.2) is 11.5 Å². The van der Waals surface area contributed by atoms with E-state index in [4.69, 9.17) is 14.5 Å². The first-order valence-electron chi connectivity index (χ1n) is 11.5. The van der Waals surface area contributed by atoms with Crippen LogP contribution in [0.25, 0.3) is 22.2 Å². The maximum Gasteiger partial charge on any atom is 0.270 e. The second-order valence-corrected chi connectivity index (χ2v) is 8.48. The Morgan fingerprint density at radius 2 is 1.66 bits per heavy atom. The molecule has 0 aliphatic carbocycles. The van der Waals surface area contributed by atoms with Gasteiger partial charge in [0.05, 0.1) is 16.8 Å². The van der Waals surface area contributed by atoms with Gasteiger partial charge in [-0.1, -0.05) is 56.3 Å². The number of carbonyl (C=O) groups is 2. The number of fused-ring (bicyclic) bond motifs is 2. The van der Waals surface area contributed by atoms with Crippen molar-refractivity contribution >= 4 is 22.7 Å². The van der Waals surface area contributed by atoms with Crippen molar-refractivity contribution in [1.82, 2.24) is 15.8 Å². The van der Waals surface area contributed by atoms with Crippen molar-refractivity contribution in [2.24, 2.45) is 0 Å². The third kappa shape index (κ3) is 4.53. The van der Waals surface area contributed by atoms with Crippen LogP contribution in [0.3, 0.4) is 0 Å². The van der Waals surface area contributed by atoms with Crippen molar-refractivity contribution in [2.45, 2.75) is 26.2 Å². The van der Waals surface area contributed by atoms with Crippen LogP contribution in [0.2, 0.25) is 0 Å². The Morgan fingerprint density at radius 1 is 0.914 bits per heavy atom. The highest BCUT2D eigenvalue weighted by atomic mass is 16.7. The van der Waals surface area contributed by atoms with Gasteiger partial charge in [-0.15, -0.1) is 0 Å². The van der Waals surface area contributed by atoms with Crippen LogP contribution >= 0.6 is 0 Å². The summed E-state index contributed by atoms with van der Waals surface area (Å²) in [6.07, 6.45) is 1.07. The number of hydrogen-bond donors (Lipinski definition) is 2. The molecule has 7 heteroatoms. The first-order valence-corrected chi connectivity index (χ1v) is 11.5. The summed E-state index contributed by atoms with van der Waals surface area (Å²) in [7, 11) is 0. The van der Waals surface area contributed by atoms with Gasteiger partial charge in [-0.25, -0.2) is 4.98 Å². The smallest absolute Gasteiger partial charge is 0.270 e. The second kappa shape index (κ2) is 9.46. The predicted molar refractivity (Wildman–Crippen MR) is 133 cm³/mol. The molecular weight excluding hydrogens is 442 g/mol. The van der Waals surface area contributed by atoms with Crippen molar-refractivity contribution in [3.8, 4) is 22.8 Å². The average Bonchev–Trinajstić information content (AvgIpc) is 3.38. The van der Waals surface area contributed by atoms with Crippen LogP contribution in [0.1, 0.15) is 52.5 Å². The van der Waals surface area contributed by atoms with E-state index in [1.165, 1.54) is 5.56 Å². The molecule has 5 rings (SSSR count). The summed E-state index contributed by atoms with van der Waals surface area (Å²) < 4.78 is 10.6. The van der Waals surface area contributed by atoms with E-state index in [9.17, 15) is 9.59 Å². The minimum absolute atomic E-state index is 0.120. The average molecular weight is 468 g/mol. The summed E-state index contributed by atoms with van der Waals surface area (Å²) in [5.74, 6) is 0.654. The molecule has 1 aromatic heterocycles. The lowest BCUT2D eigenvalue weighted by molar-refractivity contribution is 0.0847. The van der Waals surface area contributed by atoms with Crippen LogP contribution in [0.15, 0.2) is 72.8 Å². The second-order valence-electron chi connectivity index (χ2n) is 8.48. The number of para-hydroxylation sites is 1. The quantitative estimate of drug-likeness (QED) is 0.393. The molecule has 0 saturated carbocycles. The third-order valence-corrected chi connectivity index (χ3v) is 6.27. The van der Waals surface area contributed by atoms with Gasteiger partial charge >= 0.3 is 0 Å². The van der Waals surface area contributed by atoms with E-state index < -0.39 is 11.8 Å². The van der Waals surface area contributed by atoms with Gasteiger partial charge < -0.3 is 9.47 Å². The first-order chi connectivity index (χ1) is 17.0. The van der Waals surface area contributed by atoms with E-state index in [2.05, 4.69) is 36.8 Å². The summed E-state index contributed by atoms with van der Waals surface area (Å²) in [4.78, 5) is 30.5. The zero-order valence-corrected chi connectivity index (χ0v) is 19.5. The monoisotopic (exact) mass is 467 g/mol. The number of pyridine rings is 1. The van der Waals surface area contributed by atoms with E-state index in [-0.39, 0.29) is 6.79 Å². The number of nitrogens with zero attached hydrogens (tertiary/aromatic N) is 1. The van der Waals surface area contributed by atoms with Gasteiger partial charge in [-0.2, -0.15) is 0 Å². The molecule has 0 unspecified atom stereocenters. The van der Waals surface area contributed by atoms with Gasteiger partial charge in [0.2, 0.25) is 6.79 Å². The van der Waals surface area contributed by atoms with Crippen molar-refractivity contribution in [1.29, 1.82) is 0 Å². The molecule has 176 valence electrons. The van der Waals surface area contributed by atoms with E-state index >= 15 is 0 Å². The molecule has 2 heterocycles. The molecule has 1 aliphatic heterocycles. The normalized spacial score (nSPS) is 12.9. The Morgan fingerprint density at radius 3 is 2.46 bits per heavy atom. The lowest BCUT2D eigenvalue weighted by Gasteiger charge is -2.13. The highest BCUT2D eigenvalue weighted by Gasteiger charge is 2.18. The summed E-state index contributed by atoms with van der Waals surface area (Å²) in [6, 6.07) is 22.3. The largest absolute Gasteiger partial charge is 0.454 e. The first kappa shape index (κ1) is 22.4. The molecule has 1 atom stereocenters. The molecular formula is C28H25N3O4. The molecule has 2 amide bonds. The Bertz CT molecular complexity index is 1420. The van der Waals surface area contributed by atoms with E-state index in [1.807, 2.05) is 36.4 Å². The number of nitrogens with one attached hydrogen (secondary N) is 2. The van der Waals surface area contributed by atoms with Crippen LogP contribution in [0.4, 0.5) is 0 Å². The Balaban J connectivity index is 1.40. The number of carbonyl (C=O) groups excluding carboxylic acids is 2. The maximum absolute atomic E-state index is 13.1. The Labute approximate surface area is 203 Å². The van der Waals surface area contributed by atoms with Crippen molar-refractivity contribution in [3.05, 3.63) is 89.5 Å². The molecule has 7 nitrogen and oxygen atoms in total. The lowest BCUT2D eigenvalue weighted by Crippen LogP contribution is -2.41. The summed E-state index contributed by atoms with van der Waals surface area (Å²) >= 11 is 0. The fourth-order valence-electron chi connectivity index (χ4n) is 4.02. The van der Waals surface area contributed by atoms with Crippen LogP contribution in [-0.4, -0.2) is 23.6 Å². The molecule has 0 spiro atoms. The number of benzene rings is 3. The minimum atomic E-state index is -0.462. The molecule has 35 heavy (non-hydrogen) atoms. The van der Waals surface area contributed by atoms with Gasteiger partial charge in [0.25, 0.3) is 11.8 Å². The molecule has 1 aliphatic rings. The molecule has 3 aromatic carbocycles. The van der Waals surface area contributed by atoms with Gasteiger partial charge in [0.1, 0.15) is 0 Å². The summed E-state index contributed by atoms with van der Waals surface area (Å²) in [5.41, 5.74) is 9.34. The number of aromatic nitrogens is 1. The van der Waals surface area contributed by atoms with Gasteiger partial charge in [-0.05, 0) is 48.2 Å². The topological polar surface area (TPSA) is 89.6 Å². The number of amides is 2. The zero-order chi connectivity index (χ0) is 24.4. The SMILES string of the molecule is CC[C@@H](C)c1ccc(-c2cc(C(=O)NNC(=O)c3ccc4c(c3)OCO4)c3ccccc3n2)cc1. The van der Waals surface area contributed by atoms with Crippen molar-refractivity contribution in [3.63, 3.8) is 0 Å². The van der Waals surface area contributed by atoms with E-state index in [1.54, 1.807) is 24.3 Å².